The second-order valence-electron chi connectivity index (χ2n) is 10.6. The minimum absolute atomic E-state index is 0.149. The van der Waals surface area contributed by atoms with Crippen LogP contribution in [0.15, 0.2) is 42.2 Å². The first-order chi connectivity index (χ1) is 19.4. The minimum Gasteiger partial charge on any atom is -0.496 e. The lowest BCUT2D eigenvalue weighted by atomic mass is 10.1. The lowest BCUT2D eigenvalue weighted by Gasteiger charge is -2.30. The van der Waals surface area contributed by atoms with Crippen LogP contribution in [0.25, 0.3) is 0 Å². The summed E-state index contributed by atoms with van der Waals surface area (Å²) in [6.07, 6.45) is 3.51. The molecule has 0 aliphatic carbocycles. The van der Waals surface area contributed by atoms with Gasteiger partial charge in [-0.25, -0.2) is 0 Å². The van der Waals surface area contributed by atoms with Crippen molar-refractivity contribution >= 4 is 69.6 Å². The zero-order valence-corrected chi connectivity index (χ0v) is 31.6. The maximum atomic E-state index is 13.3. The number of carbonyl (C=O) groups is 1. The Hall–Kier alpha value is -0.690. The van der Waals surface area contributed by atoms with Gasteiger partial charge in [0.1, 0.15) is 11.5 Å². The molecule has 0 bridgehead atoms. The van der Waals surface area contributed by atoms with Gasteiger partial charge in [0.2, 0.25) is 5.91 Å². The van der Waals surface area contributed by atoms with Crippen LogP contribution in [0, 0.1) is 0 Å². The summed E-state index contributed by atoms with van der Waals surface area (Å²) in [7, 11) is 13.5. The molecule has 0 spiro atoms. The zero-order valence-electron chi connectivity index (χ0n) is 25.3. The van der Waals surface area contributed by atoms with Crippen molar-refractivity contribution in [1.29, 1.82) is 0 Å². The lowest BCUT2D eigenvalue weighted by Crippen LogP contribution is -2.46. The second kappa shape index (κ2) is 18.2. The quantitative estimate of drug-likeness (QED) is 0.180. The van der Waals surface area contributed by atoms with Gasteiger partial charge >= 0.3 is 0 Å². The molecule has 0 unspecified atom stereocenters. The van der Waals surface area contributed by atoms with E-state index >= 15 is 0 Å². The normalized spacial score (nSPS) is 12.3. The molecule has 0 aliphatic rings. The zero-order chi connectivity index (χ0) is 30.7. The van der Waals surface area contributed by atoms with Crippen LogP contribution in [0.5, 0.6) is 11.5 Å². The molecule has 0 N–H and O–H groups in total. The summed E-state index contributed by atoms with van der Waals surface area (Å²) in [6.45, 7) is 4.32. The van der Waals surface area contributed by atoms with Crippen molar-refractivity contribution in [2.75, 3.05) is 82.2 Å². The molecule has 41 heavy (non-hydrogen) atoms. The predicted octanol–water partition coefficient (Wildman–Crippen LogP) is 6.57. The third kappa shape index (κ3) is 11.7. The van der Waals surface area contributed by atoms with Gasteiger partial charge in [-0.2, -0.15) is 0 Å². The first-order valence-corrected chi connectivity index (χ1v) is 16.9. The van der Waals surface area contributed by atoms with E-state index in [0.29, 0.717) is 0 Å². The number of hydrogen-bond acceptors (Lipinski definition) is 6. The summed E-state index contributed by atoms with van der Waals surface area (Å²) in [6, 6.07) is 8.06. The molecule has 11 heteroatoms. The number of nitrogens with zero attached hydrogens (tertiary/aromatic N) is 4. The largest absolute Gasteiger partial charge is 0.496 e. The molecule has 0 heterocycles. The van der Waals surface area contributed by atoms with Gasteiger partial charge in [0.25, 0.3) is 0 Å². The summed E-state index contributed by atoms with van der Waals surface area (Å²) in [5.41, 5.74) is 2.42. The van der Waals surface area contributed by atoms with Crippen molar-refractivity contribution in [3.05, 3.63) is 53.3 Å². The summed E-state index contributed by atoms with van der Waals surface area (Å²) < 4.78 is 14.9. The Morgan fingerprint density at radius 1 is 0.683 bits per heavy atom. The van der Waals surface area contributed by atoms with E-state index in [4.69, 9.17) is 9.47 Å². The molecule has 1 amide bonds. The molecule has 0 fully saturated rings. The first kappa shape index (κ1) is 36.5. The van der Waals surface area contributed by atoms with Crippen molar-refractivity contribution in [3.8, 4) is 11.5 Å². The van der Waals surface area contributed by atoms with Gasteiger partial charge in [-0.1, -0.05) is 31.9 Å². The minimum atomic E-state index is -0.149. The Balaban J connectivity index is 1.79. The number of amides is 1. The molecule has 2 rings (SSSR count). The van der Waals surface area contributed by atoms with E-state index in [1.54, 1.807) is 14.2 Å². The van der Waals surface area contributed by atoms with Crippen molar-refractivity contribution < 1.29 is 14.3 Å². The smallest absolute Gasteiger partial charge is 0.239 e. The van der Waals surface area contributed by atoms with E-state index in [1.807, 2.05) is 43.1 Å². The number of hydrogen-bond donors (Lipinski definition) is 0. The summed E-state index contributed by atoms with van der Waals surface area (Å²) in [5, 5.41) is 0. The molecule has 2 aromatic carbocycles. The number of carbonyl (C=O) groups excluding carboxylic acids is 1. The third-order valence-electron chi connectivity index (χ3n) is 7.27. The van der Waals surface area contributed by atoms with Crippen LogP contribution in [-0.2, 0) is 17.6 Å². The molecule has 2 aromatic rings. The molecule has 1 atom stereocenters. The van der Waals surface area contributed by atoms with Crippen molar-refractivity contribution in [2.45, 2.75) is 31.7 Å². The van der Waals surface area contributed by atoms with E-state index in [1.165, 1.54) is 11.1 Å². The molecule has 0 radical (unpaired) electrons. The Morgan fingerprint density at radius 3 is 1.59 bits per heavy atom. The monoisotopic (exact) mass is 824 g/mol. The fourth-order valence-electron chi connectivity index (χ4n) is 4.57. The average Bonchev–Trinajstić information content (AvgIpc) is 2.91. The number of likely N-dealkylation sites (N-methyl/N-ethyl adjacent to an activating group) is 4. The Kier molecular flexibility index (Phi) is 16.2. The molecule has 230 valence electrons. The highest BCUT2D eigenvalue weighted by molar-refractivity contribution is 9.11. The molecular weight excluding hydrogens is 784 g/mol. The molecule has 0 aliphatic heterocycles. The van der Waals surface area contributed by atoms with Crippen LogP contribution in [-0.4, -0.2) is 114 Å². The van der Waals surface area contributed by atoms with Crippen LogP contribution in [0.1, 0.15) is 24.0 Å². The van der Waals surface area contributed by atoms with Crippen molar-refractivity contribution in [2.24, 2.45) is 0 Å². The van der Waals surface area contributed by atoms with Gasteiger partial charge in [-0.3, -0.25) is 9.69 Å². The summed E-state index contributed by atoms with van der Waals surface area (Å²) in [4.78, 5) is 21.9. The Morgan fingerprint density at radius 2 is 1.15 bits per heavy atom. The number of benzene rings is 2. The highest BCUT2D eigenvalue weighted by atomic mass is 79.9. The average molecular weight is 828 g/mol. The predicted molar refractivity (Wildman–Crippen MR) is 184 cm³/mol. The molecular formula is C30H44Br4N4O3. The second-order valence-corrected chi connectivity index (χ2v) is 14.1. The molecule has 0 aromatic heterocycles. The number of halogens is 4. The van der Waals surface area contributed by atoms with Gasteiger partial charge in [-0.15, -0.1) is 0 Å². The van der Waals surface area contributed by atoms with E-state index < -0.39 is 0 Å². The fraction of sp³-hybridized carbons (Fsp3) is 0.567. The number of methoxy groups -OCH3 is 2. The van der Waals surface area contributed by atoms with Crippen molar-refractivity contribution in [3.63, 3.8) is 0 Å². The van der Waals surface area contributed by atoms with Crippen LogP contribution >= 0.6 is 63.7 Å². The molecule has 0 saturated heterocycles. The van der Waals surface area contributed by atoms with Crippen molar-refractivity contribution in [1.82, 2.24) is 19.6 Å². The fourth-order valence-corrected chi connectivity index (χ4v) is 7.28. The van der Waals surface area contributed by atoms with E-state index in [9.17, 15) is 4.79 Å². The Bertz CT molecular complexity index is 1140. The third-order valence-corrected chi connectivity index (χ3v) is 9.99. The number of ether oxygens (including phenoxy) is 2. The summed E-state index contributed by atoms with van der Waals surface area (Å²) in [5.74, 6) is 1.85. The van der Waals surface area contributed by atoms with Gasteiger partial charge in [0, 0.05) is 35.6 Å². The highest BCUT2D eigenvalue weighted by Crippen LogP contribution is 2.32. The van der Waals surface area contributed by atoms with E-state index in [0.717, 1.165) is 87.8 Å². The highest BCUT2D eigenvalue weighted by Gasteiger charge is 2.24. The Labute approximate surface area is 280 Å². The van der Waals surface area contributed by atoms with Gasteiger partial charge < -0.3 is 24.2 Å². The first-order valence-electron chi connectivity index (χ1n) is 13.7. The number of rotatable bonds is 17. The van der Waals surface area contributed by atoms with Gasteiger partial charge in [0.05, 0.1) is 29.2 Å². The van der Waals surface area contributed by atoms with Crippen LogP contribution in [0.4, 0.5) is 0 Å². The molecule has 0 saturated carbocycles. The SMILES string of the molecule is COc1cc(CCN(C)CCCN(C)C(=O)[C@H](CCN(C)CCc2cc(OC)c(Br)cc2Br)N(C)C)c(Br)cc1Br. The lowest BCUT2D eigenvalue weighted by molar-refractivity contribution is -0.135. The van der Waals surface area contributed by atoms with Crippen LogP contribution in [0.2, 0.25) is 0 Å². The van der Waals surface area contributed by atoms with E-state index in [2.05, 4.69) is 99.7 Å². The maximum Gasteiger partial charge on any atom is 0.239 e. The topological polar surface area (TPSA) is 48.5 Å². The van der Waals surface area contributed by atoms with Crippen LogP contribution in [0.3, 0.4) is 0 Å². The van der Waals surface area contributed by atoms with Gasteiger partial charge in [-0.05, 0) is 134 Å². The standard InChI is InChI=1S/C30H44Br4N4O3/c1-35(2)27(11-16-37(4)15-10-22-18-29(41-7)26(34)20-24(22)32)30(39)38(5)13-8-12-36(3)14-9-21-17-28(40-6)25(33)19-23(21)31/h17-20,27H,8-16H2,1-7H3/t27-/m0/s1. The van der Waals surface area contributed by atoms with E-state index in [-0.39, 0.29) is 11.9 Å². The van der Waals surface area contributed by atoms with Gasteiger partial charge in [0.15, 0.2) is 0 Å². The molecule has 7 nitrogen and oxygen atoms in total. The maximum absolute atomic E-state index is 13.3. The van der Waals surface area contributed by atoms with Crippen LogP contribution < -0.4 is 9.47 Å². The summed E-state index contributed by atoms with van der Waals surface area (Å²) >= 11 is 14.4.